The molecule has 3 aromatic carbocycles. The number of carbonyl (C=O) groups is 1. The molecule has 1 N–H and O–H groups in total. The summed E-state index contributed by atoms with van der Waals surface area (Å²) in [6, 6.07) is 17.5. The van der Waals surface area contributed by atoms with Gasteiger partial charge in [0, 0.05) is 24.4 Å². The molecule has 1 aliphatic heterocycles. The highest BCUT2D eigenvalue weighted by Gasteiger charge is 2.24. The van der Waals surface area contributed by atoms with Crippen LogP contribution in [0.2, 0.25) is 0 Å². The van der Waals surface area contributed by atoms with Crippen LogP contribution in [0.5, 0.6) is 5.75 Å². The Kier molecular flexibility index (Phi) is 5.15. The number of nitrogens with zero attached hydrogens (tertiary/aromatic N) is 1. The Morgan fingerprint density at radius 1 is 1.00 bits per heavy atom. The number of rotatable bonds is 5. The monoisotopic (exact) mass is 410 g/mol. The van der Waals surface area contributed by atoms with Gasteiger partial charge in [-0.25, -0.2) is 8.42 Å². The summed E-state index contributed by atoms with van der Waals surface area (Å²) >= 11 is 0. The maximum Gasteiger partial charge on any atom is 0.262 e. The van der Waals surface area contributed by atoms with Crippen LogP contribution in [0.1, 0.15) is 19.3 Å². The predicted molar refractivity (Wildman–Crippen MR) is 114 cm³/mol. The lowest BCUT2D eigenvalue weighted by Crippen LogP contribution is -2.35. The van der Waals surface area contributed by atoms with E-state index in [0.717, 1.165) is 18.2 Å². The van der Waals surface area contributed by atoms with Gasteiger partial charge in [0.1, 0.15) is 5.75 Å². The molecule has 0 unspecified atom stereocenters. The van der Waals surface area contributed by atoms with Gasteiger partial charge < -0.3 is 9.64 Å². The number of carbonyl (C=O) groups excluding carboxylic acids is 1. The summed E-state index contributed by atoms with van der Waals surface area (Å²) in [5.41, 5.74) is 1.04. The van der Waals surface area contributed by atoms with E-state index in [1.807, 2.05) is 24.3 Å². The topological polar surface area (TPSA) is 75.7 Å². The molecule has 0 radical (unpaired) electrons. The highest BCUT2D eigenvalue weighted by Crippen LogP contribution is 2.34. The summed E-state index contributed by atoms with van der Waals surface area (Å²) in [7, 11) is -2.29. The van der Waals surface area contributed by atoms with Gasteiger partial charge in [-0.15, -0.1) is 0 Å². The van der Waals surface area contributed by atoms with Gasteiger partial charge in [0.05, 0.1) is 23.4 Å². The fraction of sp³-hybridized carbons (Fsp3) is 0.227. The SMILES string of the molecule is COc1cc(NS(=O)(=O)c2cccc3ccccc23)ccc1N1CCCCC1=O. The van der Waals surface area contributed by atoms with Crippen molar-refractivity contribution in [3.63, 3.8) is 0 Å². The molecule has 0 spiro atoms. The molecule has 0 saturated carbocycles. The number of piperidine rings is 1. The van der Waals surface area contributed by atoms with Crippen molar-refractivity contribution >= 4 is 38.1 Å². The molecule has 7 heteroatoms. The molecule has 0 aliphatic carbocycles. The Balaban J connectivity index is 1.67. The Morgan fingerprint density at radius 3 is 2.59 bits per heavy atom. The minimum Gasteiger partial charge on any atom is -0.494 e. The number of hydrogen-bond acceptors (Lipinski definition) is 4. The first kappa shape index (κ1) is 19.3. The lowest BCUT2D eigenvalue weighted by atomic mass is 10.1. The van der Waals surface area contributed by atoms with Crippen molar-refractivity contribution in [1.29, 1.82) is 0 Å². The summed E-state index contributed by atoms with van der Waals surface area (Å²) in [6.45, 7) is 0.635. The molecule has 150 valence electrons. The molecular formula is C22H22N2O4S. The lowest BCUT2D eigenvalue weighted by molar-refractivity contribution is -0.119. The molecule has 3 aromatic rings. The number of sulfonamides is 1. The molecule has 4 rings (SSSR count). The van der Waals surface area contributed by atoms with Gasteiger partial charge >= 0.3 is 0 Å². The molecule has 1 saturated heterocycles. The van der Waals surface area contributed by atoms with Crippen molar-refractivity contribution in [2.75, 3.05) is 23.3 Å². The van der Waals surface area contributed by atoms with E-state index in [-0.39, 0.29) is 10.8 Å². The molecule has 0 aromatic heterocycles. The zero-order valence-corrected chi connectivity index (χ0v) is 16.9. The van der Waals surface area contributed by atoms with Crippen LogP contribution in [-0.2, 0) is 14.8 Å². The van der Waals surface area contributed by atoms with E-state index in [0.29, 0.717) is 35.5 Å². The van der Waals surface area contributed by atoms with Crippen molar-refractivity contribution in [2.24, 2.45) is 0 Å². The van der Waals surface area contributed by atoms with Crippen molar-refractivity contribution < 1.29 is 17.9 Å². The van der Waals surface area contributed by atoms with Gasteiger partial charge in [0.15, 0.2) is 0 Å². The number of fused-ring (bicyclic) bond motifs is 1. The van der Waals surface area contributed by atoms with E-state index in [9.17, 15) is 13.2 Å². The summed E-state index contributed by atoms with van der Waals surface area (Å²) in [5.74, 6) is 0.511. The highest BCUT2D eigenvalue weighted by atomic mass is 32.2. The van der Waals surface area contributed by atoms with Crippen LogP contribution in [0.4, 0.5) is 11.4 Å². The largest absolute Gasteiger partial charge is 0.494 e. The first-order chi connectivity index (χ1) is 14.0. The molecule has 1 heterocycles. The van der Waals surface area contributed by atoms with Crippen molar-refractivity contribution in [1.82, 2.24) is 0 Å². The number of hydrogen-bond donors (Lipinski definition) is 1. The Labute approximate surface area is 170 Å². The maximum atomic E-state index is 13.0. The average Bonchev–Trinajstić information content (AvgIpc) is 2.73. The lowest BCUT2D eigenvalue weighted by Gasteiger charge is -2.28. The zero-order chi connectivity index (χ0) is 20.4. The molecule has 1 amide bonds. The normalized spacial score (nSPS) is 14.8. The molecule has 1 aliphatic rings. The molecular weight excluding hydrogens is 388 g/mol. The minimum atomic E-state index is -3.80. The summed E-state index contributed by atoms with van der Waals surface area (Å²) in [6.07, 6.45) is 2.34. The quantitative estimate of drug-likeness (QED) is 0.685. The average molecular weight is 410 g/mol. The van der Waals surface area contributed by atoms with Gasteiger partial charge in [-0.2, -0.15) is 0 Å². The summed E-state index contributed by atoms with van der Waals surface area (Å²) in [5, 5.41) is 1.51. The van der Waals surface area contributed by atoms with E-state index in [2.05, 4.69) is 4.72 Å². The van der Waals surface area contributed by atoms with Crippen LogP contribution in [0, 0.1) is 0 Å². The van der Waals surface area contributed by atoms with Gasteiger partial charge in [0.2, 0.25) is 5.91 Å². The number of ether oxygens (including phenoxy) is 1. The minimum absolute atomic E-state index is 0.0543. The van der Waals surface area contributed by atoms with Crippen LogP contribution < -0.4 is 14.4 Å². The van der Waals surface area contributed by atoms with Crippen LogP contribution in [-0.4, -0.2) is 28.0 Å². The van der Waals surface area contributed by atoms with Crippen molar-refractivity contribution in [2.45, 2.75) is 24.2 Å². The van der Waals surface area contributed by atoms with Crippen LogP contribution >= 0.6 is 0 Å². The molecule has 0 atom stereocenters. The van der Waals surface area contributed by atoms with Gasteiger partial charge in [0.25, 0.3) is 10.0 Å². The number of amides is 1. The number of benzene rings is 3. The number of methoxy groups -OCH3 is 1. The van der Waals surface area contributed by atoms with Crippen LogP contribution in [0.25, 0.3) is 10.8 Å². The maximum absolute atomic E-state index is 13.0. The van der Waals surface area contributed by atoms with Crippen LogP contribution in [0.3, 0.4) is 0 Å². The van der Waals surface area contributed by atoms with E-state index >= 15 is 0 Å². The Morgan fingerprint density at radius 2 is 1.79 bits per heavy atom. The van der Waals surface area contributed by atoms with E-state index < -0.39 is 10.0 Å². The second-order valence-electron chi connectivity index (χ2n) is 6.97. The fourth-order valence-corrected chi connectivity index (χ4v) is 4.95. The van der Waals surface area contributed by atoms with Crippen LogP contribution in [0.15, 0.2) is 65.6 Å². The number of anilines is 2. The van der Waals surface area contributed by atoms with Gasteiger partial charge in [-0.05, 0) is 36.4 Å². The molecule has 6 nitrogen and oxygen atoms in total. The Hall–Kier alpha value is -3.06. The number of nitrogens with one attached hydrogen (secondary N) is 1. The predicted octanol–water partition coefficient (Wildman–Crippen LogP) is 4.17. The van der Waals surface area contributed by atoms with E-state index in [1.165, 1.54) is 7.11 Å². The second-order valence-corrected chi connectivity index (χ2v) is 8.62. The van der Waals surface area contributed by atoms with E-state index in [1.54, 1.807) is 41.3 Å². The highest BCUT2D eigenvalue weighted by molar-refractivity contribution is 7.93. The summed E-state index contributed by atoms with van der Waals surface area (Å²) < 4.78 is 34.2. The third kappa shape index (κ3) is 3.78. The van der Waals surface area contributed by atoms with Gasteiger partial charge in [-0.1, -0.05) is 36.4 Å². The van der Waals surface area contributed by atoms with E-state index in [4.69, 9.17) is 4.74 Å². The first-order valence-corrected chi connectivity index (χ1v) is 11.0. The molecule has 0 bridgehead atoms. The van der Waals surface area contributed by atoms with Crippen molar-refractivity contribution in [3.8, 4) is 5.75 Å². The summed E-state index contributed by atoms with van der Waals surface area (Å²) in [4.78, 5) is 14.2. The van der Waals surface area contributed by atoms with Gasteiger partial charge in [-0.3, -0.25) is 9.52 Å². The van der Waals surface area contributed by atoms with Crippen molar-refractivity contribution in [3.05, 3.63) is 60.7 Å². The molecule has 29 heavy (non-hydrogen) atoms. The Bertz CT molecular complexity index is 1170. The standard InChI is InChI=1S/C22H22N2O4S/c1-28-20-15-17(12-13-19(20)24-14-5-4-11-22(24)25)23-29(26,27)21-10-6-8-16-7-2-3-9-18(16)21/h2-3,6-10,12-13,15,23H,4-5,11,14H2,1H3. The first-order valence-electron chi connectivity index (χ1n) is 9.48. The zero-order valence-electron chi connectivity index (χ0n) is 16.1. The second kappa shape index (κ2) is 7.75. The third-order valence-corrected chi connectivity index (χ3v) is 6.52. The third-order valence-electron chi connectivity index (χ3n) is 5.09. The smallest absolute Gasteiger partial charge is 0.262 e. The fourth-order valence-electron chi connectivity index (χ4n) is 3.66. The molecule has 1 fully saturated rings.